The lowest BCUT2D eigenvalue weighted by Gasteiger charge is -2.30. The van der Waals surface area contributed by atoms with Crippen molar-refractivity contribution in [1.29, 1.82) is 0 Å². The number of nitrogens with zero attached hydrogens (tertiary/aromatic N) is 2. The van der Waals surface area contributed by atoms with Crippen LogP contribution in [-0.4, -0.2) is 29.1 Å². The fourth-order valence-electron chi connectivity index (χ4n) is 4.68. The second kappa shape index (κ2) is 12.2. The quantitative estimate of drug-likeness (QED) is 0.199. The third-order valence-electron chi connectivity index (χ3n) is 6.53. The number of thioether (sulfide) groups is 1. The van der Waals surface area contributed by atoms with Gasteiger partial charge in [0.05, 0.1) is 21.3 Å². The summed E-state index contributed by atoms with van der Waals surface area (Å²) in [6, 6.07) is 24.1. The van der Waals surface area contributed by atoms with Crippen LogP contribution in [0.15, 0.2) is 82.7 Å². The molecule has 1 aliphatic heterocycles. The van der Waals surface area contributed by atoms with Crippen LogP contribution in [0.3, 0.4) is 0 Å². The van der Waals surface area contributed by atoms with E-state index in [1.165, 1.54) is 18.2 Å². The van der Waals surface area contributed by atoms with Crippen molar-refractivity contribution >= 4 is 57.2 Å². The highest BCUT2D eigenvalue weighted by molar-refractivity contribution is 14.1. The van der Waals surface area contributed by atoms with Crippen LogP contribution in [0.2, 0.25) is 0 Å². The highest BCUT2D eigenvalue weighted by Crippen LogP contribution is 2.40. The molecule has 0 atom stereocenters. The number of carbonyl (C=O) groups is 1. The second-order valence-corrected chi connectivity index (χ2v) is 11.3. The number of amidine groups is 1. The molecule has 0 N–H and O–H groups in total. The molecule has 7 heteroatoms. The second-order valence-electron chi connectivity index (χ2n) is 9.12. The molecule has 2 aliphatic rings. The number of para-hydroxylation sites is 1. The molecule has 2 fully saturated rings. The smallest absolute Gasteiger partial charge is 0.267 e. The van der Waals surface area contributed by atoms with Crippen molar-refractivity contribution in [2.24, 2.45) is 4.99 Å². The standard InChI is InChI=1S/C30H29IN2O3S/c1-35-26-18-22(17-25(31)28(26)36-20-21-11-5-2-6-12-21)19-27-29(34)33(24-15-9-4-10-16-24)30(37-27)32-23-13-7-3-8-14-23/h2-3,5-8,11-14,17-19,24H,4,9-10,15-16,20H2,1H3/b27-19-,32-30?. The molecule has 5 nitrogen and oxygen atoms in total. The predicted molar refractivity (Wildman–Crippen MR) is 159 cm³/mol. The SMILES string of the molecule is COc1cc(/C=C2\SC(=Nc3ccccc3)N(C3CCCCC3)C2=O)cc(I)c1OCc1ccccc1. The maximum absolute atomic E-state index is 13.7. The van der Waals surface area contributed by atoms with Gasteiger partial charge in [0, 0.05) is 6.04 Å². The first-order chi connectivity index (χ1) is 18.1. The van der Waals surface area contributed by atoms with Crippen molar-refractivity contribution in [2.75, 3.05) is 7.11 Å². The number of benzene rings is 3. The molecule has 0 unspecified atom stereocenters. The number of aliphatic imine (C=N–C) groups is 1. The molecule has 1 saturated carbocycles. The third kappa shape index (κ3) is 6.21. The van der Waals surface area contributed by atoms with Gasteiger partial charge in [-0.3, -0.25) is 9.69 Å². The van der Waals surface area contributed by atoms with Crippen LogP contribution in [0, 0.1) is 3.57 Å². The summed E-state index contributed by atoms with van der Waals surface area (Å²) in [7, 11) is 1.64. The summed E-state index contributed by atoms with van der Waals surface area (Å²) in [5, 5.41) is 0.763. The van der Waals surface area contributed by atoms with E-state index in [-0.39, 0.29) is 11.9 Å². The average Bonchev–Trinajstić information content (AvgIpc) is 3.23. The zero-order chi connectivity index (χ0) is 25.6. The van der Waals surface area contributed by atoms with Crippen molar-refractivity contribution in [3.05, 3.63) is 92.4 Å². The fraction of sp³-hybridized carbons (Fsp3) is 0.267. The number of methoxy groups -OCH3 is 1. The Morgan fingerprint density at radius 3 is 2.43 bits per heavy atom. The molecular formula is C30H29IN2O3S. The van der Waals surface area contributed by atoms with Gasteiger partial charge in [0.15, 0.2) is 16.7 Å². The molecule has 37 heavy (non-hydrogen) atoms. The Morgan fingerprint density at radius 2 is 1.73 bits per heavy atom. The van der Waals surface area contributed by atoms with E-state index in [1.807, 2.05) is 83.8 Å². The van der Waals surface area contributed by atoms with E-state index in [1.54, 1.807) is 7.11 Å². The number of halogens is 1. The van der Waals surface area contributed by atoms with Crippen LogP contribution in [0.5, 0.6) is 11.5 Å². The Labute approximate surface area is 236 Å². The van der Waals surface area contributed by atoms with Crippen LogP contribution in [0.1, 0.15) is 43.2 Å². The monoisotopic (exact) mass is 624 g/mol. The number of ether oxygens (including phenoxy) is 2. The third-order valence-corrected chi connectivity index (χ3v) is 8.32. The molecule has 1 aliphatic carbocycles. The summed E-state index contributed by atoms with van der Waals surface area (Å²) in [4.78, 5) is 21.2. The largest absolute Gasteiger partial charge is 0.493 e. The van der Waals surface area contributed by atoms with E-state index in [2.05, 4.69) is 22.6 Å². The van der Waals surface area contributed by atoms with Crippen molar-refractivity contribution in [2.45, 2.75) is 44.8 Å². The first kappa shape index (κ1) is 25.9. The summed E-state index contributed by atoms with van der Waals surface area (Å²) >= 11 is 3.72. The van der Waals surface area contributed by atoms with E-state index in [4.69, 9.17) is 14.5 Å². The van der Waals surface area contributed by atoms with Crippen LogP contribution in [0.25, 0.3) is 6.08 Å². The van der Waals surface area contributed by atoms with Gasteiger partial charge in [-0.25, -0.2) is 4.99 Å². The Hall–Kier alpha value is -2.78. The van der Waals surface area contributed by atoms with Gasteiger partial charge in [-0.15, -0.1) is 0 Å². The topological polar surface area (TPSA) is 51.1 Å². The molecule has 3 aromatic carbocycles. The van der Waals surface area contributed by atoms with E-state index >= 15 is 0 Å². The summed E-state index contributed by atoms with van der Waals surface area (Å²) < 4.78 is 12.7. The van der Waals surface area contributed by atoms with E-state index in [0.29, 0.717) is 23.0 Å². The zero-order valence-electron chi connectivity index (χ0n) is 20.7. The van der Waals surface area contributed by atoms with Gasteiger partial charge in [-0.2, -0.15) is 0 Å². The van der Waals surface area contributed by atoms with Gasteiger partial charge in [0.2, 0.25) is 0 Å². The van der Waals surface area contributed by atoms with E-state index in [9.17, 15) is 4.79 Å². The minimum absolute atomic E-state index is 0.0324. The summed E-state index contributed by atoms with van der Waals surface area (Å²) in [5.41, 5.74) is 2.84. The Balaban J connectivity index is 1.43. The van der Waals surface area contributed by atoms with Crippen molar-refractivity contribution in [1.82, 2.24) is 4.90 Å². The van der Waals surface area contributed by atoms with E-state index < -0.39 is 0 Å². The zero-order valence-corrected chi connectivity index (χ0v) is 23.7. The van der Waals surface area contributed by atoms with Crippen LogP contribution in [0.4, 0.5) is 5.69 Å². The highest BCUT2D eigenvalue weighted by Gasteiger charge is 2.38. The Kier molecular flexibility index (Phi) is 8.51. The summed E-state index contributed by atoms with van der Waals surface area (Å²) in [6.45, 7) is 0.456. The Morgan fingerprint density at radius 1 is 1.03 bits per heavy atom. The molecule has 5 rings (SSSR count). The number of amides is 1. The highest BCUT2D eigenvalue weighted by atomic mass is 127. The van der Waals surface area contributed by atoms with Gasteiger partial charge in [0.25, 0.3) is 5.91 Å². The molecule has 0 radical (unpaired) electrons. The van der Waals surface area contributed by atoms with Crippen LogP contribution < -0.4 is 9.47 Å². The first-order valence-electron chi connectivity index (χ1n) is 12.5. The minimum atomic E-state index is 0.0324. The number of hydrogen-bond acceptors (Lipinski definition) is 5. The lowest BCUT2D eigenvalue weighted by atomic mass is 9.94. The average molecular weight is 625 g/mol. The molecule has 1 saturated heterocycles. The van der Waals surface area contributed by atoms with Crippen molar-refractivity contribution < 1.29 is 14.3 Å². The van der Waals surface area contributed by atoms with Gasteiger partial charge in [0.1, 0.15) is 6.61 Å². The molecule has 1 heterocycles. The van der Waals surface area contributed by atoms with Gasteiger partial charge >= 0.3 is 0 Å². The number of carbonyl (C=O) groups excluding carboxylic acids is 1. The van der Waals surface area contributed by atoms with Gasteiger partial charge in [-0.1, -0.05) is 67.8 Å². The van der Waals surface area contributed by atoms with Crippen molar-refractivity contribution in [3.8, 4) is 11.5 Å². The fourth-order valence-corrected chi connectivity index (χ4v) is 6.52. The number of rotatable bonds is 7. The predicted octanol–water partition coefficient (Wildman–Crippen LogP) is 7.82. The molecular weight excluding hydrogens is 595 g/mol. The van der Waals surface area contributed by atoms with Gasteiger partial charge in [-0.05, 0) is 88.7 Å². The van der Waals surface area contributed by atoms with Gasteiger partial charge < -0.3 is 9.47 Å². The van der Waals surface area contributed by atoms with Crippen LogP contribution >= 0.6 is 34.4 Å². The lowest BCUT2D eigenvalue weighted by molar-refractivity contribution is -0.124. The summed E-state index contributed by atoms with van der Waals surface area (Å²) in [5.74, 6) is 1.38. The molecule has 1 amide bonds. The molecule has 0 aromatic heterocycles. The van der Waals surface area contributed by atoms with Crippen LogP contribution in [-0.2, 0) is 11.4 Å². The number of hydrogen-bond donors (Lipinski definition) is 0. The molecule has 3 aromatic rings. The summed E-state index contributed by atoms with van der Waals surface area (Å²) in [6.07, 6.45) is 7.52. The first-order valence-corrected chi connectivity index (χ1v) is 14.4. The van der Waals surface area contributed by atoms with Crippen molar-refractivity contribution in [3.63, 3.8) is 0 Å². The molecule has 0 bridgehead atoms. The molecule has 190 valence electrons. The molecule has 0 spiro atoms. The lowest BCUT2D eigenvalue weighted by Crippen LogP contribution is -2.40. The normalized spacial score (nSPS) is 18.5. The van der Waals surface area contributed by atoms with E-state index in [0.717, 1.165) is 51.2 Å². The maximum Gasteiger partial charge on any atom is 0.267 e. The minimum Gasteiger partial charge on any atom is -0.493 e. The maximum atomic E-state index is 13.7. The Bertz CT molecular complexity index is 1310.